The lowest BCUT2D eigenvalue weighted by atomic mass is 9.85. The van der Waals surface area contributed by atoms with Gasteiger partial charge in [-0.2, -0.15) is 0 Å². The number of likely N-dealkylation sites (N-methyl/N-ethyl adjacent to an activating group) is 1. The average Bonchev–Trinajstić information content (AvgIpc) is 2.28. The minimum atomic E-state index is 0.332. The molecule has 1 aliphatic heterocycles. The first-order valence-corrected chi connectivity index (χ1v) is 7.45. The topological polar surface area (TPSA) is 32.3 Å². The van der Waals surface area contributed by atoms with E-state index in [0.29, 0.717) is 36.1 Å². The Labute approximate surface area is 112 Å². The molecule has 0 radical (unpaired) electrons. The number of carbonyl (C=O) groups excluding carboxylic acids is 1. The average molecular weight is 254 g/mol. The van der Waals surface area contributed by atoms with Crippen LogP contribution in [0.4, 0.5) is 0 Å². The fourth-order valence-corrected chi connectivity index (χ4v) is 2.74. The van der Waals surface area contributed by atoms with Crippen LogP contribution in [-0.2, 0) is 4.79 Å². The molecule has 0 bridgehead atoms. The molecule has 1 aliphatic rings. The SMILES string of the molecule is CCNC1CC(C(C)C)CN(C(=O)CC(C)C)C1. The van der Waals surface area contributed by atoms with Gasteiger partial charge < -0.3 is 10.2 Å². The van der Waals surface area contributed by atoms with Crippen molar-refractivity contribution in [3.63, 3.8) is 0 Å². The van der Waals surface area contributed by atoms with E-state index in [0.717, 1.165) is 19.6 Å². The molecule has 106 valence electrons. The summed E-state index contributed by atoms with van der Waals surface area (Å²) in [7, 11) is 0. The van der Waals surface area contributed by atoms with Crippen LogP contribution in [0.2, 0.25) is 0 Å². The Morgan fingerprint density at radius 2 is 1.94 bits per heavy atom. The zero-order chi connectivity index (χ0) is 13.7. The molecule has 0 aliphatic carbocycles. The van der Waals surface area contributed by atoms with Crippen molar-refractivity contribution in [2.45, 2.75) is 53.5 Å². The van der Waals surface area contributed by atoms with Gasteiger partial charge in [-0.05, 0) is 30.7 Å². The standard InChI is InChI=1S/C15H30N2O/c1-6-16-14-8-13(12(4)5)9-17(10-14)15(18)7-11(2)3/h11-14,16H,6-10H2,1-5H3. The summed E-state index contributed by atoms with van der Waals surface area (Å²) in [6.45, 7) is 13.7. The van der Waals surface area contributed by atoms with Crippen LogP contribution in [0, 0.1) is 17.8 Å². The monoisotopic (exact) mass is 254 g/mol. The molecule has 0 saturated carbocycles. The zero-order valence-corrected chi connectivity index (χ0v) is 12.7. The van der Waals surface area contributed by atoms with E-state index in [9.17, 15) is 4.79 Å². The van der Waals surface area contributed by atoms with Gasteiger partial charge in [0.25, 0.3) is 0 Å². The molecule has 1 N–H and O–H groups in total. The maximum Gasteiger partial charge on any atom is 0.222 e. The second kappa shape index (κ2) is 7.13. The van der Waals surface area contributed by atoms with Crippen LogP contribution in [-0.4, -0.2) is 36.5 Å². The fraction of sp³-hybridized carbons (Fsp3) is 0.933. The lowest BCUT2D eigenvalue weighted by molar-refractivity contribution is -0.134. The number of piperidine rings is 1. The molecule has 0 aromatic heterocycles. The molecule has 2 unspecified atom stereocenters. The Morgan fingerprint density at radius 1 is 1.28 bits per heavy atom. The predicted octanol–water partition coefficient (Wildman–Crippen LogP) is 2.52. The van der Waals surface area contributed by atoms with Crippen molar-refractivity contribution in [1.82, 2.24) is 10.2 Å². The molecule has 1 amide bonds. The van der Waals surface area contributed by atoms with Crippen LogP contribution in [0.25, 0.3) is 0 Å². The van der Waals surface area contributed by atoms with E-state index in [-0.39, 0.29) is 0 Å². The molecule has 3 heteroatoms. The van der Waals surface area contributed by atoms with Crippen LogP contribution < -0.4 is 5.32 Å². The Bertz CT molecular complexity index is 263. The smallest absolute Gasteiger partial charge is 0.222 e. The predicted molar refractivity (Wildman–Crippen MR) is 76.4 cm³/mol. The van der Waals surface area contributed by atoms with Crippen molar-refractivity contribution in [3.05, 3.63) is 0 Å². The third kappa shape index (κ3) is 4.60. The number of nitrogens with zero attached hydrogens (tertiary/aromatic N) is 1. The Morgan fingerprint density at radius 3 is 2.44 bits per heavy atom. The molecule has 3 nitrogen and oxygen atoms in total. The molecule has 1 heterocycles. The molecule has 1 fully saturated rings. The summed E-state index contributed by atoms with van der Waals surface area (Å²) >= 11 is 0. The van der Waals surface area contributed by atoms with Crippen LogP contribution in [0.3, 0.4) is 0 Å². The summed E-state index contributed by atoms with van der Waals surface area (Å²) in [6, 6.07) is 0.479. The molecule has 2 atom stereocenters. The minimum absolute atomic E-state index is 0.332. The van der Waals surface area contributed by atoms with Gasteiger partial charge in [-0.3, -0.25) is 4.79 Å². The first kappa shape index (κ1) is 15.5. The number of hydrogen-bond donors (Lipinski definition) is 1. The van der Waals surface area contributed by atoms with Gasteiger partial charge in [-0.1, -0.05) is 34.6 Å². The van der Waals surface area contributed by atoms with Gasteiger partial charge >= 0.3 is 0 Å². The normalized spacial score (nSPS) is 24.9. The van der Waals surface area contributed by atoms with Crippen molar-refractivity contribution in [2.75, 3.05) is 19.6 Å². The lowest BCUT2D eigenvalue weighted by Crippen LogP contribution is -2.52. The molecule has 0 aromatic rings. The van der Waals surface area contributed by atoms with Crippen LogP contribution in [0.15, 0.2) is 0 Å². The Balaban J connectivity index is 2.63. The van der Waals surface area contributed by atoms with Gasteiger partial charge in [-0.15, -0.1) is 0 Å². The highest BCUT2D eigenvalue weighted by Crippen LogP contribution is 2.24. The van der Waals surface area contributed by atoms with E-state index in [4.69, 9.17) is 0 Å². The van der Waals surface area contributed by atoms with Crippen molar-refractivity contribution in [1.29, 1.82) is 0 Å². The molecule has 0 aromatic carbocycles. The Hall–Kier alpha value is -0.570. The van der Waals surface area contributed by atoms with Crippen molar-refractivity contribution in [2.24, 2.45) is 17.8 Å². The third-order valence-corrected chi connectivity index (χ3v) is 3.85. The molecular weight excluding hydrogens is 224 g/mol. The summed E-state index contributed by atoms with van der Waals surface area (Å²) in [5, 5.41) is 3.51. The second-order valence-electron chi connectivity index (χ2n) is 6.39. The number of amides is 1. The minimum Gasteiger partial charge on any atom is -0.341 e. The fourth-order valence-electron chi connectivity index (χ4n) is 2.74. The lowest BCUT2D eigenvalue weighted by Gasteiger charge is -2.40. The molecule has 1 rings (SSSR count). The summed E-state index contributed by atoms with van der Waals surface area (Å²) in [6.07, 6.45) is 1.89. The van der Waals surface area contributed by atoms with E-state index >= 15 is 0 Å². The van der Waals surface area contributed by atoms with E-state index in [1.54, 1.807) is 0 Å². The summed E-state index contributed by atoms with van der Waals surface area (Å²) in [4.78, 5) is 14.3. The van der Waals surface area contributed by atoms with Crippen LogP contribution >= 0.6 is 0 Å². The Kier molecular flexibility index (Phi) is 6.13. The molecule has 1 saturated heterocycles. The first-order chi connectivity index (χ1) is 8.43. The number of rotatable bonds is 5. The molecule has 0 spiro atoms. The number of carbonyl (C=O) groups is 1. The highest BCUT2D eigenvalue weighted by atomic mass is 16.2. The second-order valence-corrected chi connectivity index (χ2v) is 6.39. The summed E-state index contributed by atoms with van der Waals surface area (Å²) < 4.78 is 0. The van der Waals surface area contributed by atoms with Gasteiger partial charge in [0.15, 0.2) is 0 Å². The number of hydrogen-bond acceptors (Lipinski definition) is 2. The van der Waals surface area contributed by atoms with E-state index in [2.05, 4.69) is 44.8 Å². The largest absolute Gasteiger partial charge is 0.341 e. The first-order valence-electron chi connectivity index (χ1n) is 7.45. The van der Waals surface area contributed by atoms with Crippen molar-refractivity contribution < 1.29 is 4.79 Å². The van der Waals surface area contributed by atoms with Crippen LogP contribution in [0.1, 0.15) is 47.5 Å². The highest BCUT2D eigenvalue weighted by molar-refractivity contribution is 5.76. The highest BCUT2D eigenvalue weighted by Gasteiger charge is 2.30. The van der Waals surface area contributed by atoms with Crippen molar-refractivity contribution >= 4 is 5.91 Å². The summed E-state index contributed by atoms with van der Waals surface area (Å²) in [5.41, 5.74) is 0. The molecular formula is C15H30N2O. The van der Waals surface area contributed by atoms with Gasteiger partial charge in [0.2, 0.25) is 5.91 Å². The maximum atomic E-state index is 12.2. The van der Waals surface area contributed by atoms with E-state index in [1.165, 1.54) is 6.42 Å². The van der Waals surface area contributed by atoms with Crippen molar-refractivity contribution in [3.8, 4) is 0 Å². The van der Waals surface area contributed by atoms with Gasteiger partial charge in [0.1, 0.15) is 0 Å². The third-order valence-electron chi connectivity index (χ3n) is 3.85. The maximum absolute atomic E-state index is 12.2. The summed E-state index contributed by atoms with van der Waals surface area (Å²) in [5.74, 6) is 2.08. The number of likely N-dealkylation sites (tertiary alicyclic amines) is 1. The quantitative estimate of drug-likeness (QED) is 0.817. The van der Waals surface area contributed by atoms with Gasteiger partial charge in [-0.25, -0.2) is 0 Å². The van der Waals surface area contributed by atoms with Gasteiger partial charge in [0.05, 0.1) is 0 Å². The van der Waals surface area contributed by atoms with E-state index < -0.39 is 0 Å². The molecule has 18 heavy (non-hydrogen) atoms. The zero-order valence-electron chi connectivity index (χ0n) is 12.7. The van der Waals surface area contributed by atoms with E-state index in [1.807, 2.05) is 0 Å². The number of nitrogens with one attached hydrogen (secondary N) is 1. The van der Waals surface area contributed by atoms with Crippen LogP contribution in [0.5, 0.6) is 0 Å². The van der Waals surface area contributed by atoms with Gasteiger partial charge in [0, 0.05) is 25.6 Å².